The standard InChI is InChI=1S/C22H28O3S/c1-22(17-6-10-19(23)11-7-17,18-8-12-20(24)13-9-18)14-4-15-25-21-5-2-3-16-26-21/h6-13,21,23-24H,2-5,14-16H2,1H3. The summed E-state index contributed by atoms with van der Waals surface area (Å²) in [5, 5.41) is 19.3. The fraction of sp³-hybridized carbons (Fsp3) is 0.455. The van der Waals surface area contributed by atoms with Crippen LogP contribution in [0.2, 0.25) is 0 Å². The maximum atomic E-state index is 9.63. The summed E-state index contributed by atoms with van der Waals surface area (Å²) in [6.07, 6.45) is 5.66. The van der Waals surface area contributed by atoms with Crippen molar-refractivity contribution in [3.8, 4) is 11.5 Å². The van der Waals surface area contributed by atoms with Crippen molar-refractivity contribution in [2.75, 3.05) is 12.4 Å². The highest BCUT2D eigenvalue weighted by Crippen LogP contribution is 2.38. The van der Waals surface area contributed by atoms with Crippen LogP contribution in [0.25, 0.3) is 0 Å². The number of rotatable bonds is 7. The van der Waals surface area contributed by atoms with Gasteiger partial charge in [0, 0.05) is 12.0 Å². The van der Waals surface area contributed by atoms with Crippen molar-refractivity contribution in [3.63, 3.8) is 0 Å². The van der Waals surface area contributed by atoms with Crippen molar-refractivity contribution in [2.24, 2.45) is 0 Å². The van der Waals surface area contributed by atoms with Gasteiger partial charge in [0.25, 0.3) is 0 Å². The molecule has 0 radical (unpaired) electrons. The Kier molecular flexibility index (Phi) is 6.49. The predicted molar refractivity (Wildman–Crippen MR) is 108 cm³/mol. The number of benzene rings is 2. The fourth-order valence-corrected chi connectivity index (χ4v) is 4.76. The molecule has 1 fully saturated rings. The average Bonchev–Trinajstić information content (AvgIpc) is 2.67. The molecule has 1 atom stereocenters. The summed E-state index contributed by atoms with van der Waals surface area (Å²) in [6.45, 7) is 2.99. The minimum atomic E-state index is -0.190. The number of phenolic OH excluding ortho intramolecular Hbond substituents is 2. The van der Waals surface area contributed by atoms with Crippen molar-refractivity contribution in [1.82, 2.24) is 0 Å². The van der Waals surface area contributed by atoms with E-state index in [0.29, 0.717) is 5.44 Å². The monoisotopic (exact) mass is 372 g/mol. The van der Waals surface area contributed by atoms with E-state index in [1.807, 2.05) is 36.0 Å². The predicted octanol–water partition coefficient (Wildman–Crippen LogP) is 5.44. The van der Waals surface area contributed by atoms with E-state index in [9.17, 15) is 10.2 Å². The molecule has 4 heteroatoms. The van der Waals surface area contributed by atoms with E-state index in [2.05, 4.69) is 6.92 Å². The molecule has 26 heavy (non-hydrogen) atoms. The quantitative estimate of drug-likeness (QED) is 0.635. The first-order valence-corrected chi connectivity index (χ1v) is 10.4. The molecule has 140 valence electrons. The van der Waals surface area contributed by atoms with E-state index in [-0.39, 0.29) is 16.9 Å². The lowest BCUT2D eigenvalue weighted by Gasteiger charge is -2.32. The first kappa shape index (κ1) is 19.1. The van der Waals surface area contributed by atoms with Gasteiger partial charge in [0.1, 0.15) is 16.9 Å². The van der Waals surface area contributed by atoms with Gasteiger partial charge in [-0.15, -0.1) is 11.8 Å². The lowest BCUT2D eigenvalue weighted by Crippen LogP contribution is -2.24. The Morgan fingerprint density at radius 1 is 0.962 bits per heavy atom. The summed E-state index contributed by atoms with van der Waals surface area (Å²) in [4.78, 5) is 0. The molecule has 2 N–H and O–H groups in total. The molecule has 1 saturated heterocycles. The van der Waals surface area contributed by atoms with Crippen LogP contribution >= 0.6 is 11.8 Å². The second-order valence-electron chi connectivity index (χ2n) is 7.20. The van der Waals surface area contributed by atoms with Gasteiger partial charge in [0.2, 0.25) is 0 Å². The van der Waals surface area contributed by atoms with Gasteiger partial charge in [-0.25, -0.2) is 0 Å². The molecule has 2 aromatic rings. The second-order valence-corrected chi connectivity index (χ2v) is 8.46. The Labute approximate surface area is 160 Å². The molecule has 0 bridgehead atoms. The van der Waals surface area contributed by atoms with Crippen LogP contribution in [0.3, 0.4) is 0 Å². The van der Waals surface area contributed by atoms with Crippen LogP contribution in [0.4, 0.5) is 0 Å². The van der Waals surface area contributed by atoms with Crippen LogP contribution in [-0.4, -0.2) is 28.0 Å². The molecular formula is C22H28O3S. The molecule has 0 aromatic heterocycles. The van der Waals surface area contributed by atoms with Crippen LogP contribution in [0, 0.1) is 0 Å². The van der Waals surface area contributed by atoms with Gasteiger partial charge in [-0.3, -0.25) is 0 Å². The third-order valence-corrected chi connectivity index (χ3v) is 6.54. The van der Waals surface area contributed by atoms with Crippen LogP contribution in [0.1, 0.15) is 50.2 Å². The minimum absolute atomic E-state index is 0.190. The Morgan fingerprint density at radius 3 is 2.04 bits per heavy atom. The molecule has 0 saturated carbocycles. The smallest absolute Gasteiger partial charge is 0.115 e. The van der Waals surface area contributed by atoms with Gasteiger partial charge in [0.15, 0.2) is 0 Å². The number of ether oxygens (including phenoxy) is 1. The average molecular weight is 373 g/mol. The van der Waals surface area contributed by atoms with Crippen LogP contribution in [0.5, 0.6) is 11.5 Å². The largest absolute Gasteiger partial charge is 0.508 e. The van der Waals surface area contributed by atoms with Crippen molar-refractivity contribution in [2.45, 2.75) is 49.9 Å². The van der Waals surface area contributed by atoms with Gasteiger partial charge >= 0.3 is 0 Å². The van der Waals surface area contributed by atoms with Crippen molar-refractivity contribution < 1.29 is 14.9 Å². The summed E-state index contributed by atoms with van der Waals surface area (Å²) in [7, 11) is 0. The third-order valence-electron chi connectivity index (χ3n) is 5.27. The summed E-state index contributed by atoms with van der Waals surface area (Å²) in [6, 6.07) is 14.9. The topological polar surface area (TPSA) is 49.7 Å². The molecule has 1 unspecified atom stereocenters. The molecule has 0 amide bonds. The highest BCUT2D eigenvalue weighted by molar-refractivity contribution is 7.99. The molecule has 3 nitrogen and oxygen atoms in total. The highest BCUT2D eigenvalue weighted by Gasteiger charge is 2.28. The van der Waals surface area contributed by atoms with Crippen LogP contribution in [-0.2, 0) is 10.2 Å². The molecule has 1 aliphatic heterocycles. The first-order chi connectivity index (χ1) is 12.6. The summed E-state index contributed by atoms with van der Waals surface area (Å²) < 4.78 is 6.07. The fourth-order valence-electron chi connectivity index (χ4n) is 3.60. The van der Waals surface area contributed by atoms with Crippen molar-refractivity contribution in [1.29, 1.82) is 0 Å². The molecule has 2 aromatic carbocycles. The van der Waals surface area contributed by atoms with Gasteiger partial charge in [-0.1, -0.05) is 31.2 Å². The summed E-state index contributed by atoms with van der Waals surface area (Å²) >= 11 is 1.94. The zero-order valence-corrected chi connectivity index (χ0v) is 16.2. The maximum absolute atomic E-state index is 9.63. The lowest BCUT2D eigenvalue weighted by atomic mass is 9.73. The molecular weight excluding hydrogens is 344 g/mol. The van der Waals surface area contributed by atoms with Gasteiger partial charge in [-0.05, 0) is 73.2 Å². The maximum Gasteiger partial charge on any atom is 0.115 e. The first-order valence-electron chi connectivity index (χ1n) is 9.40. The Hall–Kier alpha value is -1.65. The van der Waals surface area contributed by atoms with E-state index in [4.69, 9.17) is 4.74 Å². The Morgan fingerprint density at radius 2 is 1.54 bits per heavy atom. The molecule has 3 rings (SSSR count). The third kappa shape index (κ3) is 4.74. The van der Waals surface area contributed by atoms with Gasteiger partial charge in [-0.2, -0.15) is 0 Å². The summed E-state index contributed by atoms with van der Waals surface area (Å²) in [5.41, 5.74) is 2.49. The van der Waals surface area contributed by atoms with Crippen LogP contribution < -0.4 is 0 Å². The minimum Gasteiger partial charge on any atom is -0.508 e. The SMILES string of the molecule is CC(CCCOC1CCCCS1)(c1ccc(O)cc1)c1ccc(O)cc1. The van der Waals surface area contributed by atoms with E-state index in [1.165, 1.54) is 18.6 Å². The number of hydrogen-bond acceptors (Lipinski definition) is 4. The molecule has 1 aliphatic rings. The van der Waals surface area contributed by atoms with Crippen molar-refractivity contribution >= 4 is 11.8 Å². The normalized spacial score (nSPS) is 18.0. The number of aromatic hydroxyl groups is 2. The van der Waals surface area contributed by atoms with E-state index < -0.39 is 0 Å². The number of hydrogen-bond donors (Lipinski definition) is 2. The van der Waals surface area contributed by atoms with E-state index >= 15 is 0 Å². The van der Waals surface area contributed by atoms with E-state index in [1.54, 1.807) is 24.3 Å². The zero-order chi connectivity index (χ0) is 18.4. The van der Waals surface area contributed by atoms with Gasteiger partial charge in [0.05, 0.1) is 0 Å². The van der Waals surface area contributed by atoms with Gasteiger partial charge < -0.3 is 14.9 Å². The molecule has 0 aliphatic carbocycles. The van der Waals surface area contributed by atoms with Crippen LogP contribution in [0.15, 0.2) is 48.5 Å². The zero-order valence-electron chi connectivity index (χ0n) is 15.4. The Balaban J connectivity index is 1.70. The molecule has 0 spiro atoms. The molecule has 1 heterocycles. The Bertz CT molecular complexity index is 630. The number of phenols is 2. The highest BCUT2D eigenvalue weighted by atomic mass is 32.2. The number of thioether (sulfide) groups is 1. The van der Waals surface area contributed by atoms with Crippen molar-refractivity contribution in [3.05, 3.63) is 59.7 Å². The summed E-state index contributed by atoms with van der Waals surface area (Å²) in [5.74, 6) is 1.77. The second kappa shape index (κ2) is 8.83. The van der Waals surface area contributed by atoms with E-state index in [0.717, 1.165) is 37.0 Å². The lowest BCUT2D eigenvalue weighted by molar-refractivity contribution is 0.0971.